The van der Waals surface area contributed by atoms with E-state index in [1.165, 1.54) is 17.0 Å². The number of carboxylic acids is 1. The maximum absolute atomic E-state index is 14.2. The van der Waals surface area contributed by atoms with Gasteiger partial charge in [0.25, 0.3) is 0 Å². The summed E-state index contributed by atoms with van der Waals surface area (Å²) < 4.78 is 0. The molecule has 16 nitrogen and oxygen atoms in total. The van der Waals surface area contributed by atoms with Crippen molar-refractivity contribution in [1.82, 2.24) is 26.2 Å². The van der Waals surface area contributed by atoms with Gasteiger partial charge in [-0.1, -0.05) is 70.2 Å². The van der Waals surface area contributed by atoms with Crippen LogP contribution in [0.3, 0.4) is 0 Å². The van der Waals surface area contributed by atoms with Crippen molar-refractivity contribution in [2.75, 3.05) is 6.54 Å². The molecule has 6 amide bonds. The molecule has 3 rings (SSSR count). The number of aliphatic carboxylic acids is 1. The highest BCUT2D eigenvalue weighted by molar-refractivity contribution is 5.98. The van der Waals surface area contributed by atoms with Gasteiger partial charge in [-0.25, -0.2) is 0 Å². The maximum atomic E-state index is 14.2. The van der Waals surface area contributed by atoms with Gasteiger partial charge in [-0.2, -0.15) is 0 Å². The van der Waals surface area contributed by atoms with Crippen LogP contribution in [0.2, 0.25) is 0 Å². The summed E-state index contributed by atoms with van der Waals surface area (Å²) in [5.74, 6) is -5.71. The van der Waals surface area contributed by atoms with Gasteiger partial charge in [0.1, 0.15) is 36.0 Å². The second-order valence-electron chi connectivity index (χ2n) is 14.9. The molecule has 10 N–H and O–H groups in total. The van der Waals surface area contributed by atoms with Gasteiger partial charge in [0.2, 0.25) is 35.4 Å². The van der Waals surface area contributed by atoms with Gasteiger partial charge in [0, 0.05) is 19.4 Å². The quantitative estimate of drug-likeness (QED) is 0.0925. The van der Waals surface area contributed by atoms with Crippen LogP contribution in [0.1, 0.15) is 70.9 Å². The highest BCUT2D eigenvalue weighted by Crippen LogP contribution is 2.21. The van der Waals surface area contributed by atoms with Gasteiger partial charge in [-0.05, 0) is 60.8 Å². The average Bonchev–Trinajstić information content (AvgIpc) is 3.61. The molecule has 0 spiro atoms. The lowest BCUT2D eigenvalue weighted by Crippen LogP contribution is -2.60. The first-order valence-electron chi connectivity index (χ1n) is 18.6. The standard InChI is InChI=1S/C39H55N7O9/c1-22(2)17-27(40)35(51)43-29(19-25-12-14-26(47)15-13-25)36(52)44-30(21-33(48)49)37(53)45-31(20-24-9-6-5-7-10-24)39(55)46-16-8-11-32(46)38(54)42-28(34(41)50)18-23(3)4/h5-7,9-10,12-15,22-23,27-32,47H,8,11,16-21,40H2,1-4H3,(H2,41,50)(H,42,54)(H,43,51)(H,44,52)(H,45,53)(H,48,49)/t27-,28-,29-,30-,31-,32-/m0/s1. The molecular formula is C39H55N7O9. The SMILES string of the molecule is CC(C)C[C@H](NC(=O)[C@@H]1CCCN1C(=O)[C@H](Cc1ccccc1)NC(=O)[C@H](CC(=O)O)NC(=O)[C@H](Cc1ccc(O)cc1)NC(=O)[C@@H](N)CC(C)C)C(N)=O. The molecular weight excluding hydrogens is 710 g/mol. The fourth-order valence-corrected chi connectivity index (χ4v) is 6.44. The first kappa shape index (κ1) is 43.9. The third-order valence-corrected chi connectivity index (χ3v) is 9.19. The largest absolute Gasteiger partial charge is 0.508 e. The van der Waals surface area contributed by atoms with E-state index in [0.717, 1.165) is 0 Å². The number of carboxylic acid groups (broad SMARTS) is 1. The molecule has 0 radical (unpaired) electrons. The van der Waals surface area contributed by atoms with Crippen molar-refractivity contribution in [1.29, 1.82) is 0 Å². The van der Waals surface area contributed by atoms with Crippen LogP contribution in [-0.4, -0.2) is 99.3 Å². The van der Waals surface area contributed by atoms with E-state index in [9.17, 15) is 43.8 Å². The fourth-order valence-electron chi connectivity index (χ4n) is 6.44. The number of benzene rings is 2. The number of hydrogen-bond donors (Lipinski definition) is 8. The van der Waals surface area contributed by atoms with E-state index >= 15 is 0 Å². The van der Waals surface area contributed by atoms with Gasteiger partial charge >= 0.3 is 5.97 Å². The van der Waals surface area contributed by atoms with Gasteiger partial charge < -0.3 is 47.8 Å². The van der Waals surface area contributed by atoms with Crippen LogP contribution < -0.4 is 32.7 Å². The zero-order valence-corrected chi connectivity index (χ0v) is 31.8. The molecule has 1 aliphatic rings. The number of aromatic hydroxyl groups is 1. The van der Waals surface area contributed by atoms with Gasteiger partial charge in [0.05, 0.1) is 12.5 Å². The average molecular weight is 766 g/mol. The van der Waals surface area contributed by atoms with E-state index in [-0.39, 0.29) is 37.0 Å². The van der Waals surface area contributed by atoms with E-state index in [0.29, 0.717) is 36.8 Å². The van der Waals surface area contributed by atoms with Crippen LogP contribution in [0.4, 0.5) is 0 Å². The first-order chi connectivity index (χ1) is 25.9. The van der Waals surface area contributed by atoms with Crippen LogP contribution in [0.15, 0.2) is 54.6 Å². The zero-order valence-electron chi connectivity index (χ0n) is 31.8. The van der Waals surface area contributed by atoms with Crippen LogP contribution in [-0.2, 0) is 46.4 Å². The van der Waals surface area contributed by atoms with Crippen molar-refractivity contribution >= 4 is 41.4 Å². The van der Waals surface area contributed by atoms with Crippen LogP contribution >= 0.6 is 0 Å². The molecule has 6 atom stereocenters. The van der Waals surface area contributed by atoms with Crippen molar-refractivity contribution in [3.63, 3.8) is 0 Å². The normalized spacial score (nSPS) is 16.7. The molecule has 1 heterocycles. The summed E-state index contributed by atoms with van der Waals surface area (Å²) in [7, 11) is 0. The molecule has 2 aromatic rings. The van der Waals surface area contributed by atoms with Crippen LogP contribution in [0.5, 0.6) is 5.75 Å². The number of carbonyl (C=O) groups is 7. The van der Waals surface area contributed by atoms with Crippen molar-refractivity contribution < 1.29 is 43.8 Å². The molecule has 16 heteroatoms. The molecule has 0 unspecified atom stereocenters. The molecule has 0 aromatic heterocycles. The van der Waals surface area contributed by atoms with Crippen LogP contribution in [0.25, 0.3) is 0 Å². The summed E-state index contributed by atoms with van der Waals surface area (Å²) in [6.45, 7) is 7.69. The van der Waals surface area contributed by atoms with E-state index in [4.69, 9.17) is 11.5 Å². The number of nitrogens with two attached hydrogens (primary N) is 2. The number of primary amides is 1. The third kappa shape index (κ3) is 14.0. The monoisotopic (exact) mass is 765 g/mol. The summed E-state index contributed by atoms with van der Waals surface area (Å²) in [6.07, 6.45) is 0.398. The predicted molar refractivity (Wildman–Crippen MR) is 203 cm³/mol. The van der Waals surface area contributed by atoms with Crippen molar-refractivity contribution in [3.05, 3.63) is 65.7 Å². The second kappa shape index (κ2) is 20.8. The Morgan fingerprint density at radius 3 is 1.85 bits per heavy atom. The first-order valence-corrected chi connectivity index (χ1v) is 18.6. The Labute approximate surface area is 321 Å². The number of phenolic OH excluding ortho intramolecular Hbond substituents is 1. The summed E-state index contributed by atoms with van der Waals surface area (Å²) >= 11 is 0. The van der Waals surface area contributed by atoms with Gasteiger partial charge in [-0.15, -0.1) is 0 Å². The molecule has 2 aromatic carbocycles. The number of nitrogens with one attached hydrogen (secondary N) is 4. The molecule has 0 aliphatic carbocycles. The Balaban J connectivity index is 1.88. The zero-order chi connectivity index (χ0) is 40.8. The fraction of sp³-hybridized carbons (Fsp3) is 0.513. The summed E-state index contributed by atoms with van der Waals surface area (Å²) in [6, 6.07) is 7.48. The summed E-state index contributed by atoms with van der Waals surface area (Å²) in [4.78, 5) is 93.8. The third-order valence-electron chi connectivity index (χ3n) is 9.19. The molecule has 1 aliphatic heterocycles. The highest BCUT2D eigenvalue weighted by atomic mass is 16.4. The van der Waals surface area contributed by atoms with Crippen molar-refractivity contribution in [2.45, 2.75) is 109 Å². The minimum atomic E-state index is -1.69. The minimum Gasteiger partial charge on any atom is -0.508 e. The smallest absolute Gasteiger partial charge is 0.305 e. The molecule has 0 bridgehead atoms. The number of carbonyl (C=O) groups excluding carboxylic acids is 6. The van der Waals surface area contributed by atoms with Crippen LogP contribution in [0, 0.1) is 11.8 Å². The second-order valence-corrected chi connectivity index (χ2v) is 14.9. The Morgan fingerprint density at radius 2 is 1.27 bits per heavy atom. The van der Waals surface area contributed by atoms with E-state index in [2.05, 4.69) is 21.3 Å². The van der Waals surface area contributed by atoms with Gasteiger partial charge in [0.15, 0.2) is 0 Å². The Morgan fingerprint density at radius 1 is 0.727 bits per heavy atom. The highest BCUT2D eigenvalue weighted by Gasteiger charge is 2.40. The van der Waals surface area contributed by atoms with Gasteiger partial charge in [-0.3, -0.25) is 33.6 Å². The summed E-state index contributed by atoms with van der Waals surface area (Å²) in [5.41, 5.74) is 12.8. The van der Waals surface area contributed by atoms with Crippen molar-refractivity contribution in [2.24, 2.45) is 23.3 Å². The topological polar surface area (TPSA) is 263 Å². The molecule has 0 saturated carbocycles. The number of amides is 6. The Bertz CT molecular complexity index is 1650. The summed E-state index contributed by atoms with van der Waals surface area (Å²) in [5, 5.41) is 29.9. The number of hydrogen-bond acceptors (Lipinski definition) is 9. The number of phenols is 1. The maximum Gasteiger partial charge on any atom is 0.305 e. The lowest BCUT2D eigenvalue weighted by molar-refractivity contribution is -0.143. The van der Waals surface area contributed by atoms with Crippen molar-refractivity contribution in [3.8, 4) is 5.75 Å². The molecule has 55 heavy (non-hydrogen) atoms. The van der Waals surface area contributed by atoms with E-state index < -0.39 is 84.1 Å². The minimum absolute atomic E-state index is 0.0209. The molecule has 1 fully saturated rings. The number of likely N-dealkylation sites (tertiary alicyclic amines) is 1. The van der Waals surface area contributed by atoms with E-state index in [1.54, 1.807) is 42.5 Å². The lowest BCUT2D eigenvalue weighted by Gasteiger charge is -2.31. The molecule has 1 saturated heterocycles. The number of nitrogens with zero attached hydrogens (tertiary/aromatic N) is 1. The Kier molecular flexibility index (Phi) is 16.6. The number of rotatable bonds is 20. The lowest BCUT2D eigenvalue weighted by atomic mass is 10.0. The Hall–Kier alpha value is -5.51. The predicted octanol–water partition coefficient (Wildman–Crippen LogP) is 0.487. The van der Waals surface area contributed by atoms with E-state index in [1.807, 2.05) is 27.7 Å². The molecule has 300 valence electrons.